The number of hydrogen-bond donors (Lipinski definition) is 0. The number of fused-ring (bicyclic) bond motifs is 1. The fourth-order valence-electron chi connectivity index (χ4n) is 2.39. The Morgan fingerprint density at radius 1 is 1.24 bits per heavy atom. The molecule has 0 bridgehead atoms. The largest absolute Gasteiger partial charge is 0.332 e. The Hall–Kier alpha value is -1.31. The molecule has 0 atom stereocenters. The fourth-order valence-corrected chi connectivity index (χ4v) is 2.39. The third-order valence-corrected chi connectivity index (χ3v) is 3.37. The van der Waals surface area contributed by atoms with Gasteiger partial charge in [-0.1, -0.05) is 27.7 Å². The summed E-state index contributed by atoms with van der Waals surface area (Å²) in [4.78, 5) is 4.56. The molecule has 17 heavy (non-hydrogen) atoms. The van der Waals surface area contributed by atoms with Gasteiger partial charge in [-0.05, 0) is 36.0 Å². The molecule has 0 fully saturated rings. The quantitative estimate of drug-likeness (QED) is 0.764. The van der Waals surface area contributed by atoms with Crippen molar-refractivity contribution in [3.8, 4) is 0 Å². The highest BCUT2D eigenvalue weighted by atomic mass is 15.0. The van der Waals surface area contributed by atoms with Crippen LogP contribution in [0.4, 0.5) is 0 Å². The molecule has 0 aliphatic heterocycles. The first-order valence-corrected chi connectivity index (χ1v) is 6.46. The third kappa shape index (κ3) is 1.97. The van der Waals surface area contributed by atoms with Crippen LogP contribution in [0.1, 0.15) is 45.7 Å². The minimum atomic E-state index is 0.172. The molecule has 0 radical (unpaired) electrons. The van der Waals surface area contributed by atoms with Gasteiger partial charge in [-0.2, -0.15) is 0 Å². The average molecular weight is 230 g/mol. The lowest BCUT2D eigenvalue weighted by atomic mass is 9.86. The van der Waals surface area contributed by atoms with Gasteiger partial charge in [-0.25, -0.2) is 4.98 Å². The van der Waals surface area contributed by atoms with E-state index in [1.807, 2.05) is 6.20 Å². The van der Waals surface area contributed by atoms with Crippen LogP contribution in [0.25, 0.3) is 11.0 Å². The molecule has 2 rings (SSSR count). The lowest BCUT2D eigenvalue weighted by Crippen LogP contribution is -2.10. The van der Waals surface area contributed by atoms with Gasteiger partial charge in [0, 0.05) is 24.3 Å². The Morgan fingerprint density at radius 2 is 1.94 bits per heavy atom. The van der Waals surface area contributed by atoms with Gasteiger partial charge in [0.15, 0.2) is 0 Å². The maximum absolute atomic E-state index is 4.56. The molecule has 92 valence electrons. The number of nitrogens with zero attached hydrogens (tertiary/aromatic N) is 2. The first-order chi connectivity index (χ1) is 7.99. The van der Waals surface area contributed by atoms with Gasteiger partial charge in [0.05, 0.1) is 0 Å². The molecule has 0 spiro atoms. The summed E-state index contributed by atoms with van der Waals surface area (Å²) in [5.41, 5.74) is 4.13. The maximum atomic E-state index is 4.56. The monoisotopic (exact) mass is 230 g/mol. The van der Waals surface area contributed by atoms with E-state index in [4.69, 9.17) is 0 Å². The number of aryl methyl sites for hydroxylation is 2. The molecule has 0 aromatic carbocycles. The van der Waals surface area contributed by atoms with Crippen molar-refractivity contribution in [2.75, 3.05) is 0 Å². The molecule has 0 aliphatic rings. The minimum Gasteiger partial charge on any atom is -0.332 e. The molecule has 2 nitrogen and oxygen atoms in total. The topological polar surface area (TPSA) is 17.8 Å². The second-order valence-electron chi connectivity index (χ2n) is 5.60. The van der Waals surface area contributed by atoms with Crippen LogP contribution in [-0.4, -0.2) is 9.55 Å². The van der Waals surface area contributed by atoms with E-state index in [0.29, 0.717) is 0 Å². The van der Waals surface area contributed by atoms with E-state index in [-0.39, 0.29) is 5.41 Å². The molecular weight excluding hydrogens is 208 g/mol. The molecule has 0 amide bonds. The zero-order valence-electron chi connectivity index (χ0n) is 11.5. The number of rotatable bonds is 2. The van der Waals surface area contributed by atoms with Crippen LogP contribution in [-0.2, 0) is 18.4 Å². The summed E-state index contributed by atoms with van der Waals surface area (Å²) in [7, 11) is 0. The molecule has 0 unspecified atom stereocenters. The normalized spacial score (nSPS) is 12.3. The van der Waals surface area contributed by atoms with Crippen molar-refractivity contribution in [2.24, 2.45) is 0 Å². The van der Waals surface area contributed by atoms with E-state index in [9.17, 15) is 0 Å². The van der Waals surface area contributed by atoms with Crippen molar-refractivity contribution in [2.45, 2.75) is 53.0 Å². The zero-order valence-corrected chi connectivity index (χ0v) is 11.5. The van der Waals surface area contributed by atoms with Crippen molar-refractivity contribution >= 4 is 11.0 Å². The van der Waals surface area contributed by atoms with Crippen LogP contribution in [0.15, 0.2) is 18.5 Å². The van der Waals surface area contributed by atoms with Crippen molar-refractivity contribution in [1.29, 1.82) is 0 Å². The fraction of sp³-hybridized carbons (Fsp3) is 0.533. The van der Waals surface area contributed by atoms with Crippen molar-refractivity contribution in [3.05, 3.63) is 29.6 Å². The smallest absolute Gasteiger partial charge is 0.140 e. The van der Waals surface area contributed by atoms with Crippen LogP contribution >= 0.6 is 0 Å². The van der Waals surface area contributed by atoms with Crippen molar-refractivity contribution < 1.29 is 0 Å². The molecule has 2 aromatic rings. The van der Waals surface area contributed by atoms with E-state index in [2.05, 4.69) is 56.4 Å². The number of pyridine rings is 1. The number of aromatic nitrogens is 2. The van der Waals surface area contributed by atoms with Crippen molar-refractivity contribution in [3.63, 3.8) is 0 Å². The van der Waals surface area contributed by atoms with Crippen LogP contribution < -0.4 is 0 Å². The molecule has 2 aromatic heterocycles. The molecule has 0 aliphatic carbocycles. The van der Waals surface area contributed by atoms with Gasteiger partial charge in [-0.3, -0.25) is 0 Å². The first kappa shape index (κ1) is 12.2. The van der Waals surface area contributed by atoms with Gasteiger partial charge in [0.1, 0.15) is 5.65 Å². The highest BCUT2D eigenvalue weighted by molar-refractivity contribution is 5.85. The Morgan fingerprint density at radius 3 is 2.47 bits per heavy atom. The second-order valence-corrected chi connectivity index (χ2v) is 5.60. The highest BCUT2D eigenvalue weighted by Gasteiger charge is 2.22. The van der Waals surface area contributed by atoms with E-state index >= 15 is 0 Å². The predicted octanol–water partition coefficient (Wildman–Crippen LogP) is 3.92. The van der Waals surface area contributed by atoms with E-state index in [1.54, 1.807) is 0 Å². The Balaban J connectivity index is 2.84. The zero-order chi connectivity index (χ0) is 12.6. The summed E-state index contributed by atoms with van der Waals surface area (Å²) < 4.78 is 2.26. The van der Waals surface area contributed by atoms with Gasteiger partial charge < -0.3 is 4.57 Å². The van der Waals surface area contributed by atoms with Crippen LogP contribution in [0.2, 0.25) is 0 Å². The summed E-state index contributed by atoms with van der Waals surface area (Å²) in [6, 6.07) is 2.15. The van der Waals surface area contributed by atoms with Gasteiger partial charge in [0.25, 0.3) is 0 Å². The minimum absolute atomic E-state index is 0.172. The predicted molar refractivity (Wildman–Crippen MR) is 73.5 cm³/mol. The van der Waals surface area contributed by atoms with Crippen LogP contribution in [0, 0.1) is 0 Å². The van der Waals surface area contributed by atoms with Crippen molar-refractivity contribution in [1.82, 2.24) is 9.55 Å². The van der Waals surface area contributed by atoms with E-state index in [1.165, 1.54) is 16.5 Å². The molecular formula is C15H22N2. The SMILES string of the molecule is CCc1ccnc2c1c(C(C)(C)C)cn2CC. The van der Waals surface area contributed by atoms with E-state index < -0.39 is 0 Å². The third-order valence-electron chi connectivity index (χ3n) is 3.37. The summed E-state index contributed by atoms with van der Waals surface area (Å²) in [6.07, 6.45) is 5.27. The second kappa shape index (κ2) is 4.17. The van der Waals surface area contributed by atoms with Gasteiger partial charge in [-0.15, -0.1) is 0 Å². The summed E-state index contributed by atoms with van der Waals surface area (Å²) in [5, 5.41) is 1.37. The average Bonchev–Trinajstić information content (AvgIpc) is 2.67. The summed E-state index contributed by atoms with van der Waals surface area (Å²) in [6.45, 7) is 12.2. The molecule has 2 heterocycles. The Labute approximate surface area is 104 Å². The highest BCUT2D eigenvalue weighted by Crippen LogP contribution is 2.33. The summed E-state index contributed by atoms with van der Waals surface area (Å²) in [5.74, 6) is 0. The molecule has 0 saturated carbocycles. The first-order valence-electron chi connectivity index (χ1n) is 6.46. The van der Waals surface area contributed by atoms with Crippen LogP contribution in [0.5, 0.6) is 0 Å². The Bertz CT molecular complexity index is 530. The molecule has 0 N–H and O–H groups in total. The summed E-state index contributed by atoms with van der Waals surface area (Å²) >= 11 is 0. The lowest BCUT2D eigenvalue weighted by Gasteiger charge is -2.18. The molecule has 2 heteroatoms. The van der Waals surface area contributed by atoms with Gasteiger partial charge in [0.2, 0.25) is 0 Å². The Kier molecular flexibility index (Phi) is 2.98. The van der Waals surface area contributed by atoms with Gasteiger partial charge >= 0.3 is 0 Å². The lowest BCUT2D eigenvalue weighted by molar-refractivity contribution is 0.591. The van der Waals surface area contributed by atoms with Crippen LogP contribution in [0.3, 0.4) is 0 Å². The number of hydrogen-bond acceptors (Lipinski definition) is 1. The van der Waals surface area contributed by atoms with E-state index in [0.717, 1.165) is 18.6 Å². The maximum Gasteiger partial charge on any atom is 0.140 e. The molecule has 0 saturated heterocycles. The standard InChI is InChI=1S/C15H22N2/c1-6-11-8-9-16-14-13(11)12(15(3,4)5)10-17(14)7-2/h8-10H,6-7H2,1-5H3.